The van der Waals surface area contributed by atoms with Gasteiger partial charge in [-0.3, -0.25) is 9.59 Å². The van der Waals surface area contributed by atoms with Crippen LogP contribution in [0.1, 0.15) is 37.1 Å². The van der Waals surface area contributed by atoms with Crippen LogP contribution >= 0.6 is 11.3 Å². The van der Waals surface area contributed by atoms with E-state index in [0.29, 0.717) is 43.4 Å². The lowest BCUT2D eigenvalue weighted by Crippen LogP contribution is -2.50. The van der Waals surface area contributed by atoms with E-state index in [1.54, 1.807) is 11.3 Å². The maximum atomic E-state index is 12.9. The van der Waals surface area contributed by atoms with Crippen LogP contribution in [0.5, 0.6) is 0 Å². The number of rotatable bonds is 7. The smallest absolute Gasteiger partial charge is 0.229 e. The van der Waals surface area contributed by atoms with Crippen LogP contribution in [0.15, 0.2) is 21.2 Å². The molecule has 3 N–H and O–H groups in total. The molecule has 7 nitrogen and oxygen atoms in total. The van der Waals surface area contributed by atoms with Crippen LogP contribution in [0.3, 0.4) is 0 Å². The van der Waals surface area contributed by atoms with Gasteiger partial charge in [0.2, 0.25) is 17.7 Å². The van der Waals surface area contributed by atoms with Crippen LogP contribution in [0.25, 0.3) is 11.5 Å². The van der Waals surface area contributed by atoms with Crippen molar-refractivity contribution in [3.63, 3.8) is 0 Å². The number of likely N-dealkylation sites (tertiary alicyclic amines) is 1. The minimum atomic E-state index is -0.0665. The van der Waals surface area contributed by atoms with Gasteiger partial charge in [-0.25, -0.2) is 4.98 Å². The van der Waals surface area contributed by atoms with Crippen molar-refractivity contribution in [2.45, 2.75) is 45.1 Å². The van der Waals surface area contributed by atoms with E-state index in [9.17, 15) is 9.59 Å². The molecule has 1 atom stereocenters. The van der Waals surface area contributed by atoms with Crippen molar-refractivity contribution >= 4 is 23.2 Å². The third kappa shape index (κ3) is 4.95. The number of nitrogens with two attached hydrogens (primary N) is 1. The average molecular weight is 391 g/mol. The number of carbonyl (C=O) groups excluding carboxylic acids is 2. The van der Waals surface area contributed by atoms with Gasteiger partial charge in [-0.1, -0.05) is 0 Å². The van der Waals surface area contributed by atoms with E-state index >= 15 is 0 Å². The standard InChI is InChI=1S/C19H26N4O3S/c1-13-16(22-19(26-13)14-6-9-27-12-14)10-18(25)23-8-3-2-4-15(23)11-21-17(24)5-7-20/h6,9,12,15H,2-5,7-8,10-11,20H2,1H3,(H,21,24). The van der Waals surface area contributed by atoms with E-state index in [2.05, 4.69) is 10.3 Å². The predicted molar refractivity (Wildman–Crippen MR) is 104 cm³/mol. The summed E-state index contributed by atoms with van der Waals surface area (Å²) < 4.78 is 5.74. The Morgan fingerprint density at radius 1 is 1.44 bits per heavy atom. The number of nitrogens with one attached hydrogen (secondary N) is 1. The second-order valence-electron chi connectivity index (χ2n) is 6.79. The second-order valence-corrected chi connectivity index (χ2v) is 7.57. The molecule has 1 saturated heterocycles. The van der Waals surface area contributed by atoms with Gasteiger partial charge >= 0.3 is 0 Å². The highest BCUT2D eigenvalue weighted by Gasteiger charge is 2.28. The zero-order valence-electron chi connectivity index (χ0n) is 15.6. The first-order valence-corrected chi connectivity index (χ1v) is 10.3. The highest BCUT2D eigenvalue weighted by Crippen LogP contribution is 2.25. The van der Waals surface area contributed by atoms with E-state index in [-0.39, 0.29) is 24.3 Å². The van der Waals surface area contributed by atoms with Gasteiger partial charge in [0.1, 0.15) is 5.76 Å². The molecule has 27 heavy (non-hydrogen) atoms. The molecule has 0 spiro atoms. The van der Waals surface area contributed by atoms with Gasteiger partial charge < -0.3 is 20.4 Å². The number of oxazole rings is 1. The number of amides is 2. The number of aryl methyl sites for hydroxylation is 1. The molecule has 2 aromatic heterocycles. The first kappa shape index (κ1) is 19.6. The molecular formula is C19H26N4O3S. The van der Waals surface area contributed by atoms with Crippen molar-refractivity contribution in [3.05, 3.63) is 28.3 Å². The third-order valence-corrected chi connectivity index (χ3v) is 5.52. The molecule has 2 aromatic rings. The molecule has 0 aliphatic carbocycles. The highest BCUT2D eigenvalue weighted by molar-refractivity contribution is 7.08. The largest absolute Gasteiger partial charge is 0.441 e. The molecule has 1 unspecified atom stereocenters. The zero-order chi connectivity index (χ0) is 19.2. The topological polar surface area (TPSA) is 101 Å². The SMILES string of the molecule is Cc1oc(-c2ccsc2)nc1CC(=O)N1CCCCC1CNC(=O)CCN. The van der Waals surface area contributed by atoms with E-state index in [1.165, 1.54) is 0 Å². The van der Waals surface area contributed by atoms with Crippen molar-refractivity contribution in [2.24, 2.45) is 5.73 Å². The van der Waals surface area contributed by atoms with Crippen molar-refractivity contribution in [3.8, 4) is 11.5 Å². The predicted octanol–water partition coefficient (Wildman–Crippen LogP) is 2.10. The summed E-state index contributed by atoms with van der Waals surface area (Å²) in [6.07, 6.45) is 3.47. The number of hydrogen-bond acceptors (Lipinski definition) is 6. The van der Waals surface area contributed by atoms with Crippen LogP contribution in [-0.4, -0.2) is 47.4 Å². The Balaban J connectivity index is 1.64. The zero-order valence-corrected chi connectivity index (χ0v) is 16.4. The summed E-state index contributed by atoms with van der Waals surface area (Å²) in [5, 5.41) is 6.83. The van der Waals surface area contributed by atoms with Crippen LogP contribution in [-0.2, 0) is 16.0 Å². The summed E-state index contributed by atoms with van der Waals surface area (Å²) in [4.78, 5) is 31.0. The Morgan fingerprint density at radius 3 is 3.04 bits per heavy atom. The van der Waals surface area contributed by atoms with Gasteiger partial charge in [-0.2, -0.15) is 11.3 Å². The van der Waals surface area contributed by atoms with Gasteiger partial charge in [0.05, 0.1) is 12.1 Å². The summed E-state index contributed by atoms with van der Waals surface area (Å²) in [6, 6.07) is 1.98. The van der Waals surface area contributed by atoms with E-state index in [4.69, 9.17) is 10.2 Å². The molecule has 0 aromatic carbocycles. The van der Waals surface area contributed by atoms with Crippen LogP contribution in [0, 0.1) is 6.92 Å². The molecule has 0 bridgehead atoms. The normalized spacial score (nSPS) is 17.1. The Hall–Kier alpha value is -2.19. The fourth-order valence-corrected chi connectivity index (χ4v) is 3.97. The van der Waals surface area contributed by atoms with Crippen molar-refractivity contribution in [1.29, 1.82) is 0 Å². The van der Waals surface area contributed by atoms with Gasteiger partial charge in [0, 0.05) is 43.0 Å². The molecule has 0 radical (unpaired) electrons. The number of nitrogens with zero attached hydrogens (tertiary/aromatic N) is 2. The molecule has 1 fully saturated rings. The molecule has 146 valence electrons. The lowest BCUT2D eigenvalue weighted by atomic mass is 10.0. The maximum Gasteiger partial charge on any atom is 0.229 e. The first-order chi connectivity index (χ1) is 13.1. The molecule has 8 heteroatoms. The number of piperidine rings is 1. The maximum absolute atomic E-state index is 12.9. The van der Waals surface area contributed by atoms with E-state index in [0.717, 1.165) is 24.8 Å². The minimum Gasteiger partial charge on any atom is -0.441 e. The molecule has 3 rings (SSSR count). The Labute approximate surface area is 162 Å². The van der Waals surface area contributed by atoms with Crippen LogP contribution in [0.4, 0.5) is 0 Å². The second kappa shape index (κ2) is 9.14. The Bertz CT molecular complexity index is 772. The van der Waals surface area contributed by atoms with Gasteiger partial charge in [0.15, 0.2) is 0 Å². The number of carbonyl (C=O) groups is 2. The summed E-state index contributed by atoms with van der Waals surface area (Å²) in [6.45, 7) is 3.36. The van der Waals surface area contributed by atoms with Crippen molar-refractivity contribution < 1.29 is 14.0 Å². The number of thiophene rings is 1. The molecular weight excluding hydrogens is 364 g/mol. The van der Waals surface area contributed by atoms with E-state index < -0.39 is 0 Å². The monoisotopic (exact) mass is 390 g/mol. The number of aromatic nitrogens is 1. The Morgan fingerprint density at radius 2 is 2.30 bits per heavy atom. The summed E-state index contributed by atoms with van der Waals surface area (Å²) in [7, 11) is 0. The molecule has 1 aliphatic heterocycles. The summed E-state index contributed by atoms with van der Waals surface area (Å²) in [5.74, 6) is 1.19. The van der Waals surface area contributed by atoms with Crippen LogP contribution < -0.4 is 11.1 Å². The van der Waals surface area contributed by atoms with Gasteiger partial charge in [0.25, 0.3) is 0 Å². The van der Waals surface area contributed by atoms with E-state index in [1.807, 2.05) is 28.7 Å². The van der Waals surface area contributed by atoms with Crippen LogP contribution in [0.2, 0.25) is 0 Å². The van der Waals surface area contributed by atoms with Crippen molar-refractivity contribution in [1.82, 2.24) is 15.2 Å². The minimum absolute atomic E-state index is 0.0246. The quantitative estimate of drug-likeness (QED) is 0.754. The Kier molecular flexibility index (Phi) is 6.63. The summed E-state index contributed by atoms with van der Waals surface area (Å²) in [5.41, 5.74) is 7.02. The first-order valence-electron chi connectivity index (χ1n) is 9.33. The fourth-order valence-electron chi connectivity index (χ4n) is 3.34. The number of hydrogen-bond donors (Lipinski definition) is 2. The lowest BCUT2D eigenvalue weighted by molar-refractivity contribution is -0.134. The fraction of sp³-hybridized carbons (Fsp3) is 0.526. The molecule has 0 saturated carbocycles. The van der Waals surface area contributed by atoms with Gasteiger partial charge in [-0.15, -0.1) is 0 Å². The third-order valence-electron chi connectivity index (χ3n) is 4.83. The molecule has 1 aliphatic rings. The molecule has 2 amide bonds. The van der Waals surface area contributed by atoms with Crippen molar-refractivity contribution in [2.75, 3.05) is 19.6 Å². The molecule has 3 heterocycles. The lowest BCUT2D eigenvalue weighted by Gasteiger charge is -2.36. The van der Waals surface area contributed by atoms with Gasteiger partial charge in [-0.05, 0) is 37.6 Å². The highest BCUT2D eigenvalue weighted by atomic mass is 32.1. The average Bonchev–Trinajstić information content (AvgIpc) is 3.31. The summed E-state index contributed by atoms with van der Waals surface area (Å²) >= 11 is 1.58.